The summed E-state index contributed by atoms with van der Waals surface area (Å²) in [6, 6.07) is 7.87. The van der Waals surface area contributed by atoms with Gasteiger partial charge in [-0.25, -0.2) is 0 Å². The van der Waals surface area contributed by atoms with E-state index in [1.165, 1.54) is 0 Å². The van der Waals surface area contributed by atoms with Gasteiger partial charge in [0.1, 0.15) is 0 Å². The highest BCUT2D eigenvalue weighted by atomic mass is 16.1. The summed E-state index contributed by atoms with van der Waals surface area (Å²) in [6.45, 7) is 2.91. The van der Waals surface area contributed by atoms with E-state index in [1.807, 2.05) is 24.3 Å². The maximum Gasteiger partial charge on any atom is 0.231 e. The molecule has 0 saturated carbocycles. The minimum Gasteiger partial charge on any atom is -0.326 e. The molecular formula is C15H20N4O. The zero-order chi connectivity index (χ0) is 13.8. The lowest BCUT2D eigenvalue weighted by Crippen LogP contribution is -2.35. The normalized spacial score (nSPS) is 21.8. The van der Waals surface area contributed by atoms with Crippen LogP contribution in [0.25, 0.3) is 0 Å². The van der Waals surface area contributed by atoms with Gasteiger partial charge in [-0.05, 0) is 43.5 Å². The van der Waals surface area contributed by atoms with Crippen LogP contribution in [0.1, 0.15) is 18.4 Å². The first kappa shape index (κ1) is 13.1. The monoisotopic (exact) mass is 272 g/mol. The van der Waals surface area contributed by atoms with Crippen LogP contribution >= 0.6 is 0 Å². The van der Waals surface area contributed by atoms with Gasteiger partial charge < -0.3 is 10.6 Å². The predicted molar refractivity (Wildman–Crippen MR) is 79.8 cm³/mol. The first-order chi connectivity index (χ1) is 9.81. The number of hydrogen-bond acceptors (Lipinski definition) is 3. The largest absolute Gasteiger partial charge is 0.326 e. The van der Waals surface area contributed by atoms with Crippen LogP contribution < -0.4 is 16.0 Å². The van der Waals surface area contributed by atoms with E-state index in [1.54, 1.807) is 0 Å². The quantitative estimate of drug-likeness (QED) is 0.756. The van der Waals surface area contributed by atoms with Crippen LogP contribution in [0.2, 0.25) is 0 Å². The maximum absolute atomic E-state index is 11.9. The lowest BCUT2D eigenvalue weighted by Gasteiger charge is -2.21. The fourth-order valence-electron chi connectivity index (χ4n) is 2.67. The number of piperidine rings is 1. The number of para-hydroxylation sites is 1. The van der Waals surface area contributed by atoms with Gasteiger partial charge in [0.2, 0.25) is 11.9 Å². The molecule has 1 amide bonds. The fourth-order valence-corrected chi connectivity index (χ4v) is 2.67. The Morgan fingerprint density at radius 2 is 1.95 bits per heavy atom. The standard InChI is InChI=1S/C15H20N4O/c20-14-9-12-3-1-2-4-13(12)18-15(19-14)17-10-11-5-7-16-8-6-11/h1-4,11,16H,5-10H2,(H2,17,18,19,20). The lowest BCUT2D eigenvalue weighted by molar-refractivity contribution is -0.119. The van der Waals surface area contributed by atoms with Crippen molar-refractivity contribution in [1.29, 1.82) is 0 Å². The van der Waals surface area contributed by atoms with Crippen LogP contribution in [-0.2, 0) is 11.2 Å². The van der Waals surface area contributed by atoms with Gasteiger partial charge in [0.15, 0.2) is 0 Å². The zero-order valence-electron chi connectivity index (χ0n) is 11.5. The summed E-state index contributed by atoms with van der Waals surface area (Å²) in [6.07, 6.45) is 2.71. The molecule has 1 aromatic carbocycles. The molecule has 0 bridgehead atoms. The summed E-state index contributed by atoms with van der Waals surface area (Å²) in [7, 11) is 0. The van der Waals surface area contributed by atoms with E-state index in [0.717, 1.165) is 43.7 Å². The lowest BCUT2D eigenvalue weighted by atomic mass is 9.99. The molecule has 0 aliphatic carbocycles. The Labute approximate surface area is 118 Å². The number of carbonyl (C=O) groups is 1. The average molecular weight is 272 g/mol. The van der Waals surface area contributed by atoms with Gasteiger partial charge >= 0.3 is 0 Å². The van der Waals surface area contributed by atoms with Crippen molar-refractivity contribution in [2.45, 2.75) is 19.3 Å². The van der Waals surface area contributed by atoms with Crippen molar-refractivity contribution in [3.8, 4) is 0 Å². The Balaban J connectivity index is 1.71. The highest BCUT2D eigenvalue weighted by molar-refractivity contribution is 6.07. The van der Waals surface area contributed by atoms with Crippen molar-refractivity contribution < 1.29 is 4.79 Å². The molecule has 1 fully saturated rings. The van der Waals surface area contributed by atoms with Gasteiger partial charge in [-0.3, -0.25) is 15.1 Å². The Morgan fingerprint density at radius 3 is 2.80 bits per heavy atom. The zero-order valence-corrected chi connectivity index (χ0v) is 11.5. The first-order valence-corrected chi connectivity index (χ1v) is 7.21. The number of carbonyl (C=O) groups excluding carboxylic acids is 1. The highest BCUT2D eigenvalue weighted by Crippen LogP contribution is 2.18. The van der Waals surface area contributed by atoms with E-state index in [4.69, 9.17) is 0 Å². The molecule has 2 aliphatic heterocycles. The third-order valence-electron chi connectivity index (χ3n) is 3.85. The van der Waals surface area contributed by atoms with Crippen molar-refractivity contribution in [1.82, 2.24) is 10.6 Å². The summed E-state index contributed by atoms with van der Waals surface area (Å²) in [5.41, 5.74) is 1.98. The van der Waals surface area contributed by atoms with Crippen LogP contribution in [0, 0.1) is 5.92 Å². The second-order valence-corrected chi connectivity index (χ2v) is 5.39. The van der Waals surface area contributed by atoms with Crippen LogP contribution in [0.4, 0.5) is 5.69 Å². The van der Waals surface area contributed by atoms with E-state index >= 15 is 0 Å². The molecule has 0 radical (unpaired) electrons. The van der Waals surface area contributed by atoms with E-state index in [0.29, 0.717) is 18.3 Å². The van der Waals surface area contributed by atoms with Crippen molar-refractivity contribution in [2.75, 3.05) is 25.0 Å². The molecule has 20 heavy (non-hydrogen) atoms. The van der Waals surface area contributed by atoms with Gasteiger partial charge in [-0.15, -0.1) is 0 Å². The third-order valence-corrected chi connectivity index (χ3v) is 3.85. The minimum atomic E-state index is -0.00786. The molecule has 0 aromatic heterocycles. The Bertz CT molecular complexity index is 520. The Hall–Kier alpha value is -1.88. The molecule has 3 rings (SSSR count). The number of benzene rings is 1. The Kier molecular flexibility index (Phi) is 3.97. The molecule has 1 saturated heterocycles. The molecule has 2 heterocycles. The van der Waals surface area contributed by atoms with Crippen molar-refractivity contribution >= 4 is 17.6 Å². The molecular weight excluding hydrogens is 252 g/mol. The molecule has 5 nitrogen and oxygen atoms in total. The second kappa shape index (κ2) is 6.05. The first-order valence-electron chi connectivity index (χ1n) is 7.21. The fraction of sp³-hybridized carbons (Fsp3) is 0.467. The summed E-state index contributed by atoms with van der Waals surface area (Å²) < 4.78 is 0. The van der Waals surface area contributed by atoms with E-state index in [-0.39, 0.29) is 5.91 Å². The minimum absolute atomic E-state index is 0.00786. The number of fused-ring (bicyclic) bond motifs is 1. The van der Waals surface area contributed by atoms with Crippen molar-refractivity contribution in [3.05, 3.63) is 29.8 Å². The number of anilines is 1. The van der Waals surface area contributed by atoms with E-state index < -0.39 is 0 Å². The molecule has 3 N–H and O–H groups in total. The van der Waals surface area contributed by atoms with Crippen molar-refractivity contribution in [3.63, 3.8) is 0 Å². The summed E-state index contributed by atoms with van der Waals surface area (Å²) in [4.78, 5) is 16.4. The molecule has 0 atom stereocenters. The topological polar surface area (TPSA) is 65.5 Å². The van der Waals surface area contributed by atoms with Crippen LogP contribution in [0.15, 0.2) is 29.3 Å². The van der Waals surface area contributed by atoms with Gasteiger partial charge in [0.25, 0.3) is 0 Å². The van der Waals surface area contributed by atoms with Crippen molar-refractivity contribution in [2.24, 2.45) is 10.9 Å². The second-order valence-electron chi connectivity index (χ2n) is 5.39. The van der Waals surface area contributed by atoms with E-state index in [2.05, 4.69) is 20.9 Å². The van der Waals surface area contributed by atoms with Crippen LogP contribution in [0.5, 0.6) is 0 Å². The number of nitrogens with one attached hydrogen (secondary N) is 3. The third kappa shape index (κ3) is 3.17. The molecule has 1 aromatic rings. The van der Waals surface area contributed by atoms with Crippen LogP contribution in [-0.4, -0.2) is 31.5 Å². The number of aliphatic imine (C=N–C) groups is 1. The number of nitrogens with zero attached hydrogens (tertiary/aromatic N) is 1. The summed E-state index contributed by atoms with van der Waals surface area (Å²) >= 11 is 0. The van der Waals surface area contributed by atoms with Gasteiger partial charge in [0, 0.05) is 12.2 Å². The highest BCUT2D eigenvalue weighted by Gasteiger charge is 2.17. The van der Waals surface area contributed by atoms with Crippen LogP contribution in [0.3, 0.4) is 0 Å². The van der Waals surface area contributed by atoms with E-state index in [9.17, 15) is 4.79 Å². The average Bonchev–Trinajstić information content (AvgIpc) is 2.63. The van der Waals surface area contributed by atoms with Gasteiger partial charge in [-0.2, -0.15) is 0 Å². The van der Waals surface area contributed by atoms with Gasteiger partial charge in [0.05, 0.1) is 6.42 Å². The number of amides is 1. The summed E-state index contributed by atoms with van der Waals surface area (Å²) in [5.74, 6) is 1.19. The molecule has 0 spiro atoms. The SMILES string of the molecule is O=C1Cc2ccccc2NC(=NCC2CCNCC2)N1. The van der Waals surface area contributed by atoms with Gasteiger partial charge in [-0.1, -0.05) is 18.2 Å². The number of hydrogen-bond donors (Lipinski definition) is 3. The molecule has 5 heteroatoms. The maximum atomic E-state index is 11.9. The molecule has 106 valence electrons. The number of guanidine groups is 1. The Morgan fingerprint density at radius 1 is 1.15 bits per heavy atom. The molecule has 0 unspecified atom stereocenters. The molecule has 2 aliphatic rings. The number of rotatable bonds is 2. The predicted octanol–water partition coefficient (Wildman–Crippen LogP) is 1.13. The summed E-state index contributed by atoms with van der Waals surface area (Å²) in [5, 5.41) is 9.43. The smallest absolute Gasteiger partial charge is 0.231 e.